The summed E-state index contributed by atoms with van der Waals surface area (Å²) in [5.74, 6) is -0.591. The second-order valence-electron chi connectivity index (χ2n) is 6.91. The first-order valence-electron chi connectivity index (χ1n) is 9.66. The summed E-state index contributed by atoms with van der Waals surface area (Å²) in [7, 11) is 1.54. The Labute approximate surface area is 172 Å². The number of nitrogens with one attached hydrogen (secondary N) is 1. The Bertz CT molecular complexity index is 1170. The lowest BCUT2D eigenvalue weighted by Gasteiger charge is -2.18. The highest BCUT2D eigenvalue weighted by molar-refractivity contribution is 6.18. The molecule has 0 fully saturated rings. The van der Waals surface area contributed by atoms with E-state index in [1.165, 1.54) is 30.3 Å². The molecule has 0 unspecified atom stereocenters. The minimum absolute atomic E-state index is 0.199. The third-order valence-corrected chi connectivity index (χ3v) is 5.10. The second-order valence-corrected chi connectivity index (χ2v) is 6.91. The van der Waals surface area contributed by atoms with Crippen LogP contribution in [0, 0.1) is 5.82 Å². The SMILES string of the molecule is CCOC(=O)C1=CN(C(=O)c2cccc(OC)c2)CCc2c1[nH]c1cc(F)ccc21. The number of nitrogens with zero attached hydrogens (tertiary/aromatic N) is 1. The minimum Gasteiger partial charge on any atom is -0.497 e. The summed E-state index contributed by atoms with van der Waals surface area (Å²) in [5.41, 5.74) is 2.69. The van der Waals surface area contributed by atoms with Crippen LogP contribution in [0.4, 0.5) is 4.39 Å². The van der Waals surface area contributed by atoms with Gasteiger partial charge in [-0.3, -0.25) is 4.79 Å². The standard InChI is InChI=1S/C23H21FN2O4/c1-3-30-23(28)19-13-26(22(27)14-5-4-6-16(11-14)29-2)10-9-18-17-8-7-15(24)12-20(17)25-21(18)19/h4-8,11-13,25H,3,9-10H2,1-2H3. The third-order valence-electron chi connectivity index (χ3n) is 5.10. The molecule has 0 atom stereocenters. The molecule has 0 aliphatic carbocycles. The summed E-state index contributed by atoms with van der Waals surface area (Å²) in [4.78, 5) is 30.5. The van der Waals surface area contributed by atoms with Crippen LogP contribution >= 0.6 is 0 Å². The molecule has 0 radical (unpaired) electrons. The average molecular weight is 408 g/mol. The molecule has 1 aliphatic heterocycles. The van der Waals surface area contributed by atoms with E-state index < -0.39 is 5.97 Å². The van der Waals surface area contributed by atoms with Gasteiger partial charge < -0.3 is 19.4 Å². The molecule has 7 heteroatoms. The molecule has 1 amide bonds. The number of carbonyl (C=O) groups excluding carboxylic acids is 2. The molecule has 1 aromatic heterocycles. The summed E-state index contributed by atoms with van der Waals surface area (Å²) >= 11 is 0. The highest BCUT2D eigenvalue weighted by Gasteiger charge is 2.28. The fourth-order valence-corrected chi connectivity index (χ4v) is 3.68. The van der Waals surface area contributed by atoms with E-state index in [1.807, 2.05) is 0 Å². The van der Waals surface area contributed by atoms with Gasteiger partial charge in [-0.05, 0) is 55.3 Å². The molecule has 2 heterocycles. The Morgan fingerprint density at radius 3 is 2.80 bits per heavy atom. The van der Waals surface area contributed by atoms with Crippen LogP contribution in [0.2, 0.25) is 0 Å². The monoisotopic (exact) mass is 408 g/mol. The maximum absolute atomic E-state index is 13.7. The van der Waals surface area contributed by atoms with Gasteiger partial charge in [0.15, 0.2) is 0 Å². The van der Waals surface area contributed by atoms with E-state index >= 15 is 0 Å². The van der Waals surface area contributed by atoms with E-state index in [4.69, 9.17) is 9.47 Å². The number of ether oxygens (including phenoxy) is 2. The summed E-state index contributed by atoms with van der Waals surface area (Å²) in [5, 5.41) is 0.817. The number of aromatic amines is 1. The number of rotatable bonds is 4. The first kappa shape index (κ1) is 19.7. The molecule has 6 nitrogen and oxygen atoms in total. The third kappa shape index (κ3) is 3.54. The predicted molar refractivity (Wildman–Crippen MR) is 111 cm³/mol. The molecule has 1 N–H and O–H groups in total. The van der Waals surface area contributed by atoms with Gasteiger partial charge in [-0.15, -0.1) is 0 Å². The van der Waals surface area contributed by atoms with Crippen molar-refractivity contribution in [1.29, 1.82) is 0 Å². The summed E-state index contributed by atoms with van der Waals surface area (Å²) < 4.78 is 24.1. The number of hydrogen-bond donors (Lipinski definition) is 1. The number of H-pyrrole nitrogens is 1. The zero-order chi connectivity index (χ0) is 21.3. The molecule has 1 aliphatic rings. The first-order chi connectivity index (χ1) is 14.5. The molecule has 2 aromatic carbocycles. The van der Waals surface area contributed by atoms with E-state index in [2.05, 4.69) is 4.98 Å². The number of amides is 1. The van der Waals surface area contributed by atoms with Crippen LogP contribution in [-0.2, 0) is 16.0 Å². The molecule has 0 spiro atoms. The first-order valence-corrected chi connectivity index (χ1v) is 9.66. The van der Waals surface area contributed by atoms with Gasteiger partial charge >= 0.3 is 5.97 Å². The van der Waals surface area contributed by atoms with Gasteiger partial charge in [-0.1, -0.05) is 6.07 Å². The number of esters is 1. The lowest BCUT2D eigenvalue weighted by Crippen LogP contribution is -2.28. The minimum atomic E-state index is -0.545. The van der Waals surface area contributed by atoms with Crippen LogP contribution in [0.25, 0.3) is 16.5 Å². The summed E-state index contributed by atoms with van der Waals surface area (Å²) in [6.07, 6.45) is 2.01. The van der Waals surface area contributed by atoms with Crippen molar-refractivity contribution in [2.24, 2.45) is 0 Å². The molecular formula is C23H21FN2O4. The normalized spacial score (nSPS) is 13.4. The maximum atomic E-state index is 13.7. The number of methoxy groups -OCH3 is 1. The van der Waals surface area contributed by atoms with Gasteiger partial charge in [0.05, 0.1) is 25.0 Å². The molecule has 154 valence electrons. The van der Waals surface area contributed by atoms with E-state index in [0.717, 1.165) is 10.9 Å². The van der Waals surface area contributed by atoms with Gasteiger partial charge in [-0.2, -0.15) is 0 Å². The van der Waals surface area contributed by atoms with Crippen LogP contribution in [0.3, 0.4) is 0 Å². The highest BCUT2D eigenvalue weighted by atomic mass is 19.1. The second kappa shape index (κ2) is 8.02. The average Bonchev–Trinajstić information content (AvgIpc) is 2.99. The molecule has 3 aromatic rings. The molecule has 0 saturated carbocycles. The predicted octanol–water partition coefficient (Wildman–Crippen LogP) is 3.92. The molecular weight excluding hydrogens is 387 g/mol. The largest absolute Gasteiger partial charge is 0.497 e. The Morgan fingerprint density at radius 2 is 2.03 bits per heavy atom. The van der Waals surface area contributed by atoms with Crippen molar-refractivity contribution in [2.75, 3.05) is 20.3 Å². The van der Waals surface area contributed by atoms with Gasteiger partial charge in [0.1, 0.15) is 11.6 Å². The van der Waals surface area contributed by atoms with E-state index in [-0.39, 0.29) is 23.9 Å². The van der Waals surface area contributed by atoms with Crippen molar-refractivity contribution >= 4 is 28.4 Å². The van der Waals surface area contributed by atoms with Crippen LogP contribution in [0.15, 0.2) is 48.7 Å². The molecule has 30 heavy (non-hydrogen) atoms. The van der Waals surface area contributed by atoms with E-state index in [0.29, 0.717) is 35.5 Å². The fourth-order valence-electron chi connectivity index (χ4n) is 3.68. The summed E-state index contributed by atoms with van der Waals surface area (Å²) in [6, 6.07) is 11.3. The van der Waals surface area contributed by atoms with Crippen LogP contribution in [-0.4, -0.2) is 42.0 Å². The van der Waals surface area contributed by atoms with Crippen molar-refractivity contribution in [3.05, 3.63) is 71.3 Å². The van der Waals surface area contributed by atoms with Crippen LogP contribution < -0.4 is 4.74 Å². The highest BCUT2D eigenvalue weighted by Crippen LogP contribution is 2.32. The Kier molecular flexibility index (Phi) is 5.27. The molecule has 0 saturated heterocycles. The van der Waals surface area contributed by atoms with E-state index in [9.17, 15) is 14.0 Å². The number of fused-ring (bicyclic) bond motifs is 3. The van der Waals surface area contributed by atoms with Crippen molar-refractivity contribution in [3.8, 4) is 5.75 Å². The van der Waals surface area contributed by atoms with Gasteiger partial charge in [-0.25, -0.2) is 9.18 Å². The van der Waals surface area contributed by atoms with E-state index in [1.54, 1.807) is 37.3 Å². The smallest absolute Gasteiger partial charge is 0.341 e. The van der Waals surface area contributed by atoms with Crippen LogP contribution in [0.5, 0.6) is 5.75 Å². The van der Waals surface area contributed by atoms with Crippen molar-refractivity contribution < 1.29 is 23.5 Å². The lowest BCUT2D eigenvalue weighted by atomic mass is 10.0. The van der Waals surface area contributed by atoms with Gasteiger partial charge in [0, 0.05) is 29.2 Å². The quantitative estimate of drug-likeness (QED) is 0.665. The Hall–Kier alpha value is -3.61. The molecule has 4 rings (SSSR count). The van der Waals surface area contributed by atoms with Crippen molar-refractivity contribution in [1.82, 2.24) is 9.88 Å². The fraction of sp³-hybridized carbons (Fsp3) is 0.217. The zero-order valence-corrected chi connectivity index (χ0v) is 16.7. The number of benzene rings is 2. The maximum Gasteiger partial charge on any atom is 0.341 e. The zero-order valence-electron chi connectivity index (χ0n) is 16.7. The number of carbonyl (C=O) groups is 2. The number of aromatic nitrogens is 1. The number of halogens is 1. The number of hydrogen-bond acceptors (Lipinski definition) is 4. The van der Waals surface area contributed by atoms with Gasteiger partial charge in [0.2, 0.25) is 0 Å². The van der Waals surface area contributed by atoms with Crippen LogP contribution in [0.1, 0.15) is 28.5 Å². The van der Waals surface area contributed by atoms with Gasteiger partial charge in [0.25, 0.3) is 5.91 Å². The van der Waals surface area contributed by atoms with Crippen molar-refractivity contribution in [2.45, 2.75) is 13.3 Å². The Balaban J connectivity index is 1.79. The Morgan fingerprint density at radius 1 is 1.20 bits per heavy atom. The lowest BCUT2D eigenvalue weighted by molar-refractivity contribution is -0.136. The molecule has 0 bridgehead atoms. The summed E-state index contributed by atoms with van der Waals surface area (Å²) in [6.45, 7) is 2.27. The van der Waals surface area contributed by atoms with Crippen molar-refractivity contribution in [3.63, 3.8) is 0 Å². The topological polar surface area (TPSA) is 71.6 Å².